The third-order valence-electron chi connectivity index (χ3n) is 8.10. The van der Waals surface area contributed by atoms with Crippen LogP contribution in [0.4, 0.5) is 0 Å². The van der Waals surface area contributed by atoms with E-state index in [4.69, 9.17) is 4.42 Å². The van der Waals surface area contributed by atoms with Crippen molar-refractivity contribution in [1.82, 2.24) is 10.6 Å². The summed E-state index contributed by atoms with van der Waals surface area (Å²) in [5, 5.41) is 7.08. The van der Waals surface area contributed by atoms with E-state index >= 15 is 0 Å². The quantitative estimate of drug-likeness (QED) is 0.566. The van der Waals surface area contributed by atoms with Crippen molar-refractivity contribution in [3.05, 3.63) is 72.0 Å². The summed E-state index contributed by atoms with van der Waals surface area (Å²) < 4.78 is 6.07. The van der Waals surface area contributed by atoms with Gasteiger partial charge in [-0.25, -0.2) is 0 Å². The molecular weight excluding hydrogens is 412 g/mol. The van der Waals surface area contributed by atoms with Gasteiger partial charge in [0.25, 0.3) is 0 Å². The van der Waals surface area contributed by atoms with Crippen LogP contribution in [0, 0.1) is 23.2 Å². The summed E-state index contributed by atoms with van der Waals surface area (Å²) in [5.41, 5.74) is 1.49. The maximum Gasteiger partial charge on any atom is 0.240 e. The van der Waals surface area contributed by atoms with Crippen molar-refractivity contribution in [3.63, 3.8) is 0 Å². The number of fused-ring (bicyclic) bond motifs is 1. The molecule has 0 saturated heterocycles. The number of hydrogen-bond acceptors (Lipinski definition) is 3. The molecule has 1 aromatic heterocycles. The highest BCUT2D eigenvalue weighted by Crippen LogP contribution is 2.60. The molecule has 2 N–H and O–H groups in total. The Morgan fingerprint density at radius 2 is 1.55 bits per heavy atom. The van der Waals surface area contributed by atoms with Crippen molar-refractivity contribution in [2.45, 2.75) is 44.6 Å². The van der Waals surface area contributed by atoms with Crippen molar-refractivity contribution in [1.29, 1.82) is 0 Å². The van der Waals surface area contributed by atoms with Gasteiger partial charge in [0.15, 0.2) is 0 Å². The van der Waals surface area contributed by atoms with E-state index in [0.29, 0.717) is 23.5 Å². The maximum absolute atomic E-state index is 13.2. The first-order valence-electron chi connectivity index (χ1n) is 12.2. The molecule has 1 atom stereocenters. The van der Waals surface area contributed by atoms with Crippen molar-refractivity contribution >= 4 is 22.8 Å². The molecular formula is C28H30N2O3. The highest BCUT2D eigenvalue weighted by atomic mass is 16.3. The van der Waals surface area contributed by atoms with E-state index in [1.807, 2.05) is 60.7 Å². The third-order valence-corrected chi connectivity index (χ3v) is 8.10. The second-order valence-electron chi connectivity index (χ2n) is 10.5. The van der Waals surface area contributed by atoms with Crippen LogP contribution in [0.2, 0.25) is 0 Å². The average Bonchev–Trinajstić information content (AvgIpc) is 3.24. The Labute approximate surface area is 193 Å². The molecule has 2 aromatic carbocycles. The molecule has 5 heteroatoms. The molecule has 2 amide bonds. The van der Waals surface area contributed by atoms with Gasteiger partial charge >= 0.3 is 0 Å². The highest BCUT2D eigenvalue weighted by Gasteiger charge is 2.54. The Balaban J connectivity index is 1.16. The third kappa shape index (κ3) is 3.84. The van der Waals surface area contributed by atoms with Gasteiger partial charge in [0.05, 0.1) is 6.54 Å². The van der Waals surface area contributed by atoms with Crippen LogP contribution in [0.15, 0.2) is 65.1 Å². The molecule has 7 rings (SSSR count). The van der Waals surface area contributed by atoms with E-state index in [-0.39, 0.29) is 23.8 Å². The molecule has 0 unspecified atom stereocenters. The van der Waals surface area contributed by atoms with Crippen LogP contribution in [0.1, 0.15) is 55.9 Å². The van der Waals surface area contributed by atoms with Crippen molar-refractivity contribution in [2.24, 2.45) is 23.2 Å². The molecule has 0 radical (unpaired) electrons. The van der Waals surface area contributed by atoms with E-state index in [1.165, 1.54) is 19.3 Å². The zero-order valence-electron chi connectivity index (χ0n) is 18.8. The van der Waals surface area contributed by atoms with Gasteiger partial charge in [-0.1, -0.05) is 48.5 Å². The molecule has 1 heterocycles. The molecule has 170 valence electrons. The zero-order valence-corrected chi connectivity index (χ0v) is 18.8. The zero-order chi connectivity index (χ0) is 22.4. The molecule has 4 aliphatic carbocycles. The van der Waals surface area contributed by atoms with Gasteiger partial charge in [0, 0.05) is 10.8 Å². The average molecular weight is 443 g/mol. The molecule has 3 aromatic rings. The first-order valence-corrected chi connectivity index (χ1v) is 12.2. The smallest absolute Gasteiger partial charge is 0.240 e. The molecule has 33 heavy (non-hydrogen) atoms. The summed E-state index contributed by atoms with van der Waals surface area (Å²) in [6, 6.07) is 19.2. The second kappa shape index (κ2) is 8.05. The summed E-state index contributed by atoms with van der Waals surface area (Å²) in [6.07, 6.45) is 6.88. The SMILES string of the molecule is O=C(CNC(=O)C12CC3CC(CC(C3)C1)C2)N[C@@H](c1ccccc1)c1cc2ccccc2o1. The number of carbonyl (C=O) groups excluding carboxylic acids is 2. The topological polar surface area (TPSA) is 71.3 Å². The van der Waals surface area contributed by atoms with E-state index in [2.05, 4.69) is 10.6 Å². The monoisotopic (exact) mass is 442 g/mol. The Morgan fingerprint density at radius 1 is 0.909 bits per heavy atom. The normalized spacial score (nSPS) is 28.5. The van der Waals surface area contributed by atoms with Gasteiger partial charge in [-0.15, -0.1) is 0 Å². The van der Waals surface area contributed by atoms with Crippen LogP contribution < -0.4 is 10.6 Å². The first-order chi connectivity index (χ1) is 16.1. The molecule has 0 spiro atoms. The molecule has 0 aliphatic heterocycles. The molecule has 4 fully saturated rings. The number of rotatable bonds is 6. The van der Waals surface area contributed by atoms with Crippen LogP contribution >= 0.6 is 0 Å². The lowest BCUT2D eigenvalue weighted by molar-refractivity contribution is -0.147. The number of amides is 2. The fourth-order valence-corrected chi connectivity index (χ4v) is 7.06. The van der Waals surface area contributed by atoms with Crippen LogP contribution in [0.25, 0.3) is 11.0 Å². The number of hydrogen-bond donors (Lipinski definition) is 2. The Morgan fingerprint density at radius 3 is 2.21 bits per heavy atom. The number of furan rings is 1. The molecule has 4 aliphatic rings. The van der Waals surface area contributed by atoms with Gasteiger partial charge in [0.1, 0.15) is 17.4 Å². The van der Waals surface area contributed by atoms with Gasteiger partial charge < -0.3 is 15.1 Å². The number of carbonyl (C=O) groups is 2. The lowest BCUT2D eigenvalue weighted by atomic mass is 9.49. The Kier molecular flexibility index (Phi) is 5.01. The fraction of sp³-hybridized carbons (Fsp3) is 0.429. The van der Waals surface area contributed by atoms with Gasteiger partial charge in [0.2, 0.25) is 11.8 Å². The van der Waals surface area contributed by atoms with E-state index < -0.39 is 6.04 Å². The Bertz CT molecular complexity index is 1110. The van der Waals surface area contributed by atoms with Crippen LogP contribution in [0.5, 0.6) is 0 Å². The number of para-hydroxylation sites is 1. The van der Waals surface area contributed by atoms with Crippen LogP contribution in [0.3, 0.4) is 0 Å². The number of nitrogens with one attached hydrogen (secondary N) is 2. The van der Waals surface area contributed by atoms with Gasteiger partial charge in [-0.05, 0) is 74.0 Å². The van der Waals surface area contributed by atoms with Gasteiger partial charge in [-0.3, -0.25) is 9.59 Å². The lowest BCUT2D eigenvalue weighted by Crippen LogP contribution is -2.54. The van der Waals surface area contributed by atoms with E-state index in [1.54, 1.807) is 0 Å². The summed E-state index contributed by atoms with van der Waals surface area (Å²) in [7, 11) is 0. The largest absolute Gasteiger partial charge is 0.459 e. The predicted molar refractivity (Wildman–Crippen MR) is 126 cm³/mol. The van der Waals surface area contributed by atoms with Crippen LogP contribution in [-0.4, -0.2) is 18.4 Å². The van der Waals surface area contributed by atoms with Crippen molar-refractivity contribution < 1.29 is 14.0 Å². The van der Waals surface area contributed by atoms with Crippen molar-refractivity contribution in [3.8, 4) is 0 Å². The molecule has 5 nitrogen and oxygen atoms in total. The van der Waals surface area contributed by atoms with E-state index in [0.717, 1.165) is 35.8 Å². The second-order valence-corrected chi connectivity index (χ2v) is 10.5. The lowest BCUT2D eigenvalue weighted by Gasteiger charge is -2.55. The molecule has 4 bridgehead atoms. The summed E-state index contributed by atoms with van der Waals surface area (Å²) in [5.74, 6) is 2.66. The molecule has 4 saturated carbocycles. The van der Waals surface area contributed by atoms with E-state index in [9.17, 15) is 9.59 Å². The summed E-state index contributed by atoms with van der Waals surface area (Å²) in [6.45, 7) is -0.00978. The Hall–Kier alpha value is -3.08. The standard InChI is InChI=1S/C28H30N2O3/c31-25(17-29-27(32)28-14-18-10-19(15-28)12-20(11-18)16-28)30-26(21-6-2-1-3-7-21)24-13-22-8-4-5-9-23(22)33-24/h1-9,13,18-20,26H,10-12,14-17H2,(H,29,32)(H,30,31)/t18?,19?,20?,26-,28?/m0/s1. The van der Waals surface area contributed by atoms with Gasteiger partial charge in [-0.2, -0.15) is 0 Å². The summed E-state index contributed by atoms with van der Waals surface area (Å²) >= 11 is 0. The van der Waals surface area contributed by atoms with Crippen LogP contribution in [-0.2, 0) is 9.59 Å². The highest BCUT2D eigenvalue weighted by molar-refractivity contribution is 5.88. The minimum atomic E-state index is -0.414. The maximum atomic E-state index is 13.2. The first kappa shape index (κ1) is 20.5. The van der Waals surface area contributed by atoms with Crippen molar-refractivity contribution in [2.75, 3.05) is 6.54 Å². The number of benzene rings is 2. The summed E-state index contributed by atoms with van der Waals surface area (Å²) in [4.78, 5) is 26.2. The predicted octanol–water partition coefficient (Wildman–Crippen LogP) is 4.97. The minimum absolute atomic E-state index is 0.00978. The fourth-order valence-electron chi connectivity index (χ4n) is 7.06. The minimum Gasteiger partial charge on any atom is -0.459 e.